The quantitative estimate of drug-likeness (QED) is 0.903. The van der Waals surface area contributed by atoms with Crippen LogP contribution in [0.25, 0.3) is 0 Å². The van der Waals surface area contributed by atoms with Gasteiger partial charge in [0.15, 0.2) is 5.17 Å². The summed E-state index contributed by atoms with van der Waals surface area (Å²) < 4.78 is 0. The van der Waals surface area contributed by atoms with E-state index in [2.05, 4.69) is 43.6 Å². The van der Waals surface area contributed by atoms with Gasteiger partial charge in [0.05, 0.1) is 6.04 Å². The number of nitrogens with zero attached hydrogens (tertiary/aromatic N) is 1. The molecule has 0 aromatic carbocycles. The van der Waals surface area contributed by atoms with Gasteiger partial charge in [0, 0.05) is 22.6 Å². The first-order valence-electron chi connectivity index (χ1n) is 6.12. The Kier molecular flexibility index (Phi) is 4.15. The van der Waals surface area contributed by atoms with E-state index in [9.17, 15) is 0 Å². The fourth-order valence-corrected chi connectivity index (χ4v) is 3.91. The van der Waals surface area contributed by atoms with Crippen LogP contribution in [0, 0.1) is 0 Å². The first kappa shape index (κ1) is 13.0. The van der Waals surface area contributed by atoms with Gasteiger partial charge in [-0.05, 0) is 31.7 Å². The van der Waals surface area contributed by atoms with E-state index in [0.717, 1.165) is 23.8 Å². The minimum absolute atomic E-state index is 0.242. The van der Waals surface area contributed by atoms with Crippen molar-refractivity contribution in [2.75, 3.05) is 5.75 Å². The van der Waals surface area contributed by atoms with Crippen LogP contribution in [-0.4, -0.2) is 22.5 Å². The number of hydrogen-bond donors (Lipinski definition) is 1. The summed E-state index contributed by atoms with van der Waals surface area (Å²) in [5.41, 5.74) is 0.242. The van der Waals surface area contributed by atoms with Crippen LogP contribution in [0.15, 0.2) is 22.5 Å². The smallest absolute Gasteiger partial charge is 0.157 e. The maximum atomic E-state index is 4.77. The molecule has 2 nitrogen and oxygen atoms in total. The molecule has 94 valence electrons. The van der Waals surface area contributed by atoms with Crippen molar-refractivity contribution in [1.82, 2.24) is 5.32 Å². The molecule has 0 spiro atoms. The molecule has 17 heavy (non-hydrogen) atoms. The number of rotatable bonds is 4. The molecule has 2 atom stereocenters. The molecule has 0 radical (unpaired) electrons. The first-order chi connectivity index (χ1) is 8.11. The van der Waals surface area contributed by atoms with E-state index >= 15 is 0 Å². The number of aliphatic imine (C=N–C) groups is 1. The number of hydrogen-bond acceptors (Lipinski definition) is 3. The van der Waals surface area contributed by atoms with Gasteiger partial charge in [-0.25, -0.2) is 0 Å². The first-order valence-corrected chi connectivity index (χ1v) is 7.99. The lowest BCUT2D eigenvalue weighted by atomic mass is 10.0. The molecule has 2 unspecified atom stereocenters. The Morgan fingerprint density at radius 2 is 2.41 bits per heavy atom. The highest BCUT2D eigenvalue weighted by molar-refractivity contribution is 8.14. The van der Waals surface area contributed by atoms with E-state index in [0.29, 0.717) is 6.04 Å². The third kappa shape index (κ3) is 3.49. The SMILES string of the molecule is CCC1(C)CSC(=NC(C)Cc2cccs2)N1. The molecule has 0 aliphatic carbocycles. The molecule has 1 saturated heterocycles. The molecule has 1 N–H and O–H groups in total. The normalized spacial score (nSPS) is 28.3. The average Bonchev–Trinajstić information content (AvgIpc) is 2.90. The van der Waals surface area contributed by atoms with Gasteiger partial charge >= 0.3 is 0 Å². The molecule has 2 rings (SSSR count). The lowest BCUT2D eigenvalue weighted by Crippen LogP contribution is -2.39. The van der Waals surface area contributed by atoms with Crippen molar-refractivity contribution < 1.29 is 0 Å². The van der Waals surface area contributed by atoms with Gasteiger partial charge in [0.25, 0.3) is 0 Å². The summed E-state index contributed by atoms with van der Waals surface area (Å²) in [5.74, 6) is 1.13. The van der Waals surface area contributed by atoms with Crippen LogP contribution in [0.3, 0.4) is 0 Å². The molecule has 1 aromatic heterocycles. The summed E-state index contributed by atoms with van der Waals surface area (Å²) in [6, 6.07) is 4.66. The van der Waals surface area contributed by atoms with E-state index in [1.165, 1.54) is 4.88 Å². The molecule has 1 aliphatic heterocycles. The number of thioether (sulfide) groups is 1. The molecular formula is C13H20N2S2. The van der Waals surface area contributed by atoms with Crippen LogP contribution in [0.5, 0.6) is 0 Å². The highest BCUT2D eigenvalue weighted by Crippen LogP contribution is 2.26. The largest absolute Gasteiger partial charge is 0.359 e. The van der Waals surface area contributed by atoms with Gasteiger partial charge in [-0.3, -0.25) is 4.99 Å². The zero-order valence-corrected chi connectivity index (χ0v) is 12.3. The summed E-state index contributed by atoms with van der Waals surface area (Å²) in [6.45, 7) is 6.69. The summed E-state index contributed by atoms with van der Waals surface area (Å²) in [7, 11) is 0. The number of nitrogens with one attached hydrogen (secondary N) is 1. The van der Waals surface area contributed by atoms with Crippen molar-refractivity contribution in [3.63, 3.8) is 0 Å². The Bertz CT molecular complexity index is 386. The van der Waals surface area contributed by atoms with E-state index in [4.69, 9.17) is 4.99 Å². The van der Waals surface area contributed by atoms with Crippen molar-refractivity contribution in [3.8, 4) is 0 Å². The van der Waals surface area contributed by atoms with Crippen LogP contribution < -0.4 is 5.32 Å². The second-order valence-corrected chi connectivity index (χ2v) is 6.89. The Balaban J connectivity index is 1.92. The summed E-state index contributed by atoms with van der Waals surface area (Å²) in [4.78, 5) is 6.19. The van der Waals surface area contributed by atoms with Crippen LogP contribution in [-0.2, 0) is 6.42 Å². The van der Waals surface area contributed by atoms with Gasteiger partial charge in [-0.1, -0.05) is 24.8 Å². The van der Waals surface area contributed by atoms with E-state index in [1.54, 1.807) is 0 Å². The highest BCUT2D eigenvalue weighted by Gasteiger charge is 2.30. The van der Waals surface area contributed by atoms with Gasteiger partial charge in [0.2, 0.25) is 0 Å². The fourth-order valence-electron chi connectivity index (χ4n) is 1.78. The zero-order chi connectivity index (χ0) is 12.3. The Morgan fingerprint density at radius 3 is 3.00 bits per heavy atom. The molecular weight excluding hydrogens is 248 g/mol. The molecule has 1 aromatic rings. The minimum Gasteiger partial charge on any atom is -0.359 e. The molecule has 0 bridgehead atoms. The van der Waals surface area contributed by atoms with Crippen LogP contribution in [0.1, 0.15) is 32.1 Å². The van der Waals surface area contributed by atoms with Crippen LogP contribution in [0.2, 0.25) is 0 Å². The number of amidine groups is 1. The zero-order valence-electron chi connectivity index (χ0n) is 10.7. The van der Waals surface area contributed by atoms with Gasteiger partial charge in [-0.15, -0.1) is 11.3 Å². The molecule has 0 saturated carbocycles. The van der Waals surface area contributed by atoms with Crippen molar-refractivity contribution in [2.45, 2.75) is 45.2 Å². The van der Waals surface area contributed by atoms with Gasteiger partial charge in [0.1, 0.15) is 0 Å². The standard InChI is InChI=1S/C13H20N2S2/c1-4-13(3)9-17-12(15-13)14-10(2)8-11-6-5-7-16-11/h5-7,10H,4,8-9H2,1-3H3,(H,14,15). The van der Waals surface area contributed by atoms with E-state index in [1.807, 2.05) is 23.1 Å². The maximum Gasteiger partial charge on any atom is 0.157 e. The van der Waals surface area contributed by atoms with Crippen LogP contribution >= 0.6 is 23.1 Å². The monoisotopic (exact) mass is 268 g/mol. The molecule has 4 heteroatoms. The van der Waals surface area contributed by atoms with E-state index in [-0.39, 0.29) is 5.54 Å². The predicted molar refractivity (Wildman–Crippen MR) is 79.2 cm³/mol. The Labute approximate surface area is 112 Å². The van der Waals surface area contributed by atoms with E-state index < -0.39 is 0 Å². The third-order valence-corrected chi connectivity index (χ3v) is 5.29. The second kappa shape index (κ2) is 5.44. The Hall–Kier alpha value is -0.480. The summed E-state index contributed by atoms with van der Waals surface area (Å²) >= 11 is 3.67. The van der Waals surface area contributed by atoms with Crippen molar-refractivity contribution in [1.29, 1.82) is 0 Å². The lowest BCUT2D eigenvalue weighted by Gasteiger charge is -2.21. The number of thiophene rings is 1. The van der Waals surface area contributed by atoms with Crippen LogP contribution in [0.4, 0.5) is 0 Å². The van der Waals surface area contributed by atoms with Gasteiger partial charge < -0.3 is 5.32 Å². The highest BCUT2D eigenvalue weighted by atomic mass is 32.2. The average molecular weight is 268 g/mol. The molecule has 1 fully saturated rings. The Morgan fingerprint density at radius 1 is 1.59 bits per heavy atom. The second-order valence-electron chi connectivity index (χ2n) is 4.89. The minimum atomic E-state index is 0.242. The lowest BCUT2D eigenvalue weighted by molar-refractivity contribution is 0.465. The predicted octanol–water partition coefficient (Wildman–Crippen LogP) is 3.54. The summed E-state index contributed by atoms with van der Waals surface area (Å²) in [6.07, 6.45) is 2.20. The molecule has 2 heterocycles. The topological polar surface area (TPSA) is 24.4 Å². The van der Waals surface area contributed by atoms with Crippen molar-refractivity contribution in [3.05, 3.63) is 22.4 Å². The van der Waals surface area contributed by atoms with Crippen molar-refractivity contribution >= 4 is 28.3 Å². The fraction of sp³-hybridized carbons (Fsp3) is 0.615. The maximum absolute atomic E-state index is 4.77. The van der Waals surface area contributed by atoms with Gasteiger partial charge in [-0.2, -0.15) is 0 Å². The molecule has 1 aliphatic rings. The van der Waals surface area contributed by atoms with Crippen molar-refractivity contribution in [2.24, 2.45) is 4.99 Å². The third-order valence-electron chi connectivity index (χ3n) is 3.13. The summed E-state index contributed by atoms with van der Waals surface area (Å²) in [5, 5.41) is 6.80. The molecule has 0 amide bonds.